The van der Waals surface area contributed by atoms with Crippen molar-refractivity contribution >= 4 is 38.5 Å². The van der Waals surface area contributed by atoms with Gasteiger partial charge < -0.3 is 14.4 Å². The second-order valence-corrected chi connectivity index (χ2v) is 13.0. The molecule has 0 unspecified atom stereocenters. The molecule has 0 aliphatic carbocycles. The van der Waals surface area contributed by atoms with Crippen molar-refractivity contribution in [3.8, 4) is 11.1 Å². The normalized spacial score (nSPS) is 11.6. The number of imidazole rings is 1. The van der Waals surface area contributed by atoms with E-state index in [1.807, 2.05) is 79.7 Å². The van der Waals surface area contributed by atoms with Crippen molar-refractivity contribution < 1.29 is 17.7 Å². The van der Waals surface area contributed by atoms with Crippen LogP contribution in [0.15, 0.2) is 100 Å². The lowest BCUT2D eigenvalue weighted by atomic mass is 10.0. The summed E-state index contributed by atoms with van der Waals surface area (Å²) < 4.78 is 36.8. The van der Waals surface area contributed by atoms with Gasteiger partial charge >= 0.3 is 0 Å². The molecule has 0 saturated carbocycles. The van der Waals surface area contributed by atoms with Gasteiger partial charge in [-0.15, -0.1) is 0 Å². The molecule has 6 aromatic rings. The second-order valence-electron chi connectivity index (χ2n) is 11.4. The van der Waals surface area contributed by atoms with Crippen LogP contribution in [-0.2, 0) is 23.0 Å². The van der Waals surface area contributed by atoms with Crippen LogP contribution in [0.25, 0.3) is 22.2 Å². The number of aromatic nitrogens is 3. The quantitative estimate of drug-likeness (QED) is 0.160. The Kier molecular flexibility index (Phi) is 8.46. The van der Waals surface area contributed by atoms with Gasteiger partial charge in [-0.25, -0.2) is 18.1 Å². The summed E-state index contributed by atoms with van der Waals surface area (Å²) in [5.74, 6) is 0.877. The minimum atomic E-state index is -3.95. The molecule has 46 heavy (non-hydrogen) atoms. The number of carbonyl (C=O) groups excluding carboxylic acids is 1. The van der Waals surface area contributed by atoms with Crippen molar-refractivity contribution in [1.82, 2.24) is 14.7 Å². The molecule has 0 atom stereocenters. The Morgan fingerprint density at radius 3 is 2.33 bits per heavy atom. The van der Waals surface area contributed by atoms with E-state index in [1.165, 1.54) is 0 Å². The molecule has 0 aliphatic rings. The van der Waals surface area contributed by atoms with Gasteiger partial charge in [0.05, 0.1) is 21.6 Å². The highest BCUT2D eigenvalue weighted by atomic mass is 32.2. The molecule has 2 heterocycles. The van der Waals surface area contributed by atoms with Gasteiger partial charge in [0.25, 0.3) is 15.9 Å². The van der Waals surface area contributed by atoms with Crippen LogP contribution in [0, 0.1) is 20.8 Å². The smallest absolute Gasteiger partial charge is 0.264 e. The van der Waals surface area contributed by atoms with Crippen molar-refractivity contribution in [1.29, 1.82) is 0 Å². The molecule has 0 saturated heterocycles. The highest BCUT2D eigenvalue weighted by Crippen LogP contribution is 2.31. The third-order valence-corrected chi connectivity index (χ3v) is 9.45. The summed E-state index contributed by atoms with van der Waals surface area (Å²) in [6, 6.07) is 27.9. The van der Waals surface area contributed by atoms with Crippen LogP contribution in [0.3, 0.4) is 0 Å². The summed E-state index contributed by atoms with van der Waals surface area (Å²) >= 11 is 0. The van der Waals surface area contributed by atoms with Crippen molar-refractivity contribution in [2.75, 3.05) is 10.0 Å². The van der Waals surface area contributed by atoms with Crippen molar-refractivity contribution in [3.63, 3.8) is 0 Å². The number of fused-ring (bicyclic) bond motifs is 1. The number of hydrogen-bond acceptors (Lipinski definition) is 6. The number of para-hydroxylation sites is 1. The molecule has 2 aromatic heterocycles. The number of rotatable bonds is 10. The highest BCUT2D eigenvalue weighted by Gasteiger charge is 2.23. The topological polar surface area (TPSA) is 119 Å². The number of nitrogens with zero attached hydrogens (tertiary/aromatic N) is 3. The summed E-state index contributed by atoms with van der Waals surface area (Å²) in [6.45, 7) is 8.16. The van der Waals surface area contributed by atoms with Gasteiger partial charge in [-0.2, -0.15) is 0 Å². The van der Waals surface area contributed by atoms with Gasteiger partial charge in [-0.05, 0) is 74.2 Å². The standard InChI is InChI=1S/C36H35N5O4S/c1-5-11-33-38-34-23(2)20-28(35(42)37-29-12-7-6-8-13-29)21-31(34)41(33)22-26-16-18-27(19-17-26)30-14-9-10-15-32(30)46(43,44)40-36-24(3)25(4)39-45-36/h6-10,12-21,40H,5,11,22H2,1-4H3,(H,37,42). The monoisotopic (exact) mass is 633 g/mol. The molecule has 0 fully saturated rings. The van der Waals surface area contributed by atoms with Gasteiger partial charge in [0, 0.05) is 35.3 Å². The first-order valence-corrected chi connectivity index (χ1v) is 16.6. The summed E-state index contributed by atoms with van der Waals surface area (Å²) in [4.78, 5) is 18.3. The fourth-order valence-electron chi connectivity index (χ4n) is 5.49. The molecule has 0 radical (unpaired) electrons. The molecule has 0 aliphatic heterocycles. The molecule has 234 valence electrons. The molecule has 9 nitrogen and oxygen atoms in total. The minimum absolute atomic E-state index is 0.106. The number of nitrogens with one attached hydrogen (secondary N) is 2. The zero-order valence-corrected chi connectivity index (χ0v) is 27.0. The van der Waals surface area contributed by atoms with E-state index >= 15 is 0 Å². The van der Waals surface area contributed by atoms with Gasteiger partial charge in [-0.3, -0.25) is 4.79 Å². The fourth-order valence-corrected chi connectivity index (χ4v) is 6.76. The lowest BCUT2D eigenvalue weighted by Gasteiger charge is -2.13. The number of benzene rings is 4. The zero-order chi connectivity index (χ0) is 32.4. The molecule has 0 spiro atoms. The molecular formula is C36H35N5O4S. The summed E-state index contributed by atoms with van der Waals surface area (Å²) in [5, 5.41) is 6.84. The molecule has 10 heteroatoms. The first kappa shape index (κ1) is 30.8. The third-order valence-electron chi connectivity index (χ3n) is 8.06. The van der Waals surface area contributed by atoms with Crippen LogP contribution in [-0.4, -0.2) is 29.0 Å². The molecule has 2 N–H and O–H groups in total. The molecule has 0 bridgehead atoms. The number of carbonyl (C=O) groups is 1. The van der Waals surface area contributed by atoms with Gasteiger partial charge in [0.2, 0.25) is 5.88 Å². The number of sulfonamides is 1. The predicted molar refractivity (Wildman–Crippen MR) is 181 cm³/mol. The third kappa shape index (κ3) is 6.16. The number of anilines is 2. The SMILES string of the molecule is CCCc1nc2c(C)cc(C(=O)Nc3ccccc3)cc2n1Cc1ccc(-c2ccccc2S(=O)(=O)Nc2onc(C)c2C)cc1. The van der Waals surface area contributed by atoms with Crippen molar-refractivity contribution in [3.05, 3.63) is 125 Å². The number of hydrogen-bond donors (Lipinski definition) is 2. The first-order valence-electron chi connectivity index (χ1n) is 15.1. The van der Waals surface area contributed by atoms with E-state index in [-0.39, 0.29) is 16.7 Å². The van der Waals surface area contributed by atoms with E-state index in [4.69, 9.17) is 9.51 Å². The second kappa shape index (κ2) is 12.6. The van der Waals surface area contributed by atoms with Crippen LogP contribution < -0.4 is 10.0 Å². The first-order chi connectivity index (χ1) is 22.1. The Balaban J connectivity index is 1.31. The van der Waals surface area contributed by atoms with Crippen LogP contribution in [0.4, 0.5) is 11.6 Å². The van der Waals surface area contributed by atoms with Crippen LogP contribution in [0.5, 0.6) is 0 Å². The van der Waals surface area contributed by atoms with Crippen LogP contribution in [0.2, 0.25) is 0 Å². The van der Waals surface area contributed by atoms with E-state index in [0.29, 0.717) is 28.9 Å². The minimum Gasteiger partial charge on any atom is -0.337 e. The Bertz CT molecular complexity index is 2150. The Hall–Kier alpha value is -5.22. The van der Waals surface area contributed by atoms with Gasteiger partial charge in [0.15, 0.2) is 0 Å². The highest BCUT2D eigenvalue weighted by molar-refractivity contribution is 7.92. The average molecular weight is 634 g/mol. The maximum absolute atomic E-state index is 13.4. The van der Waals surface area contributed by atoms with Gasteiger partial charge in [0.1, 0.15) is 5.82 Å². The summed E-state index contributed by atoms with van der Waals surface area (Å²) in [5.41, 5.74) is 7.61. The van der Waals surface area contributed by atoms with E-state index in [9.17, 15) is 13.2 Å². The summed E-state index contributed by atoms with van der Waals surface area (Å²) in [7, 11) is -3.95. The van der Waals surface area contributed by atoms with E-state index in [1.54, 1.807) is 32.0 Å². The Morgan fingerprint density at radius 1 is 0.913 bits per heavy atom. The molecular weight excluding hydrogens is 598 g/mol. The van der Waals surface area contributed by atoms with Crippen molar-refractivity contribution in [2.45, 2.75) is 52.0 Å². The van der Waals surface area contributed by atoms with E-state index in [2.05, 4.69) is 26.7 Å². The molecule has 4 aromatic carbocycles. The predicted octanol–water partition coefficient (Wildman–Crippen LogP) is 7.67. The van der Waals surface area contributed by atoms with E-state index < -0.39 is 10.0 Å². The Labute approximate surface area is 268 Å². The Morgan fingerprint density at radius 2 is 1.63 bits per heavy atom. The number of amides is 1. The van der Waals surface area contributed by atoms with E-state index in [0.717, 1.165) is 52.1 Å². The van der Waals surface area contributed by atoms with Crippen LogP contribution >= 0.6 is 0 Å². The average Bonchev–Trinajstić information content (AvgIpc) is 3.56. The maximum atomic E-state index is 13.4. The van der Waals surface area contributed by atoms with Crippen molar-refractivity contribution in [2.24, 2.45) is 0 Å². The lowest BCUT2D eigenvalue weighted by Crippen LogP contribution is -2.14. The molecule has 6 rings (SSSR count). The maximum Gasteiger partial charge on any atom is 0.264 e. The molecule has 1 amide bonds. The number of aryl methyl sites for hydroxylation is 3. The fraction of sp³-hybridized carbons (Fsp3) is 0.194. The van der Waals surface area contributed by atoms with Crippen LogP contribution in [0.1, 0.15) is 51.9 Å². The van der Waals surface area contributed by atoms with Gasteiger partial charge in [-0.1, -0.05) is 72.7 Å². The largest absolute Gasteiger partial charge is 0.337 e. The summed E-state index contributed by atoms with van der Waals surface area (Å²) in [6.07, 6.45) is 1.72. The lowest BCUT2D eigenvalue weighted by molar-refractivity contribution is 0.102. The zero-order valence-electron chi connectivity index (χ0n) is 26.2.